The maximum absolute atomic E-state index is 3.97. The summed E-state index contributed by atoms with van der Waals surface area (Å²) < 4.78 is 0. The number of nitrogens with zero attached hydrogens (tertiary/aromatic N) is 1. The van der Waals surface area contributed by atoms with Crippen LogP contribution in [0.2, 0.25) is 0 Å². The van der Waals surface area contributed by atoms with Crippen LogP contribution in [-0.4, -0.2) is 47.6 Å². The van der Waals surface area contributed by atoms with Gasteiger partial charge in [-0.1, -0.05) is 0 Å². The van der Waals surface area contributed by atoms with Crippen molar-refractivity contribution in [3.8, 4) is 0 Å². The molecule has 1 saturated carbocycles. The van der Waals surface area contributed by atoms with Crippen LogP contribution in [0.3, 0.4) is 0 Å². The van der Waals surface area contributed by atoms with Crippen molar-refractivity contribution in [2.75, 3.05) is 19.3 Å². The summed E-state index contributed by atoms with van der Waals surface area (Å²) in [6.07, 6.45) is 12.0. The van der Waals surface area contributed by atoms with E-state index in [4.69, 9.17) is 0 Å². The highest BCUT2D eigenvalue weighted by Crippen LogP contribution is 2.27. The molecule has 2 rings (SSSR count). The lowest BCUT2D eigenvalue weighted by Crippen LogP contribution is -2.41. The average molecular weight is 285 g/mol. The van der Waals surface area contributed by atoms with Gasteiger partial charge in [0.1, 0.15) is 0 Å². The number of rotatable bonds is 4. The number of thioether (sulfide) groups is 1. The molecule has 2 aliphatic rings. The molecule has 1 unspecified atom stereocenters. The van der Waals surface area contributed by atoms with Gasteiger partial charge in [-0.2, -0.15) is 11.8 Å². The molecule has 0 radical (unpaired) electrons. The molecule has 1 aliphatic heterocycles. The van der Waals surface area contributed by atoms with E-state index in [2.05, 4.69) is 42.1 Å². The third-order valence-corrected chi connectivity index (χ3v) is 6.11. The molecule has 1 aliphatic carbocycles. The minimum absolute atomic E-state index is 0.718. The largest absolute Gasteiger partial charge is 0.311 e. The minimum Gasteiger partial charge on any atom is -0.311 e. The molecule has 112 valence electrons. The Labute approximate surface area is 124 Å². The van der Waals surface area contributed by atoms with Gasteiger partial charge >= 0.3 is 0 Å². The molecular formula is C16H32N2S. The summed E-state index contributed by atoms with van der Waals surface area (Å²) >= 11 is 2.07. The summed E-state index contributed by atoms with van der Waals surface area (Å²) in [4.78, 5) is 2.65. The molecule has 0 aromatic carbocycles. The second-order valence-electron chi connectivity index (χ2n) is 6.63. The van der Waals surface area contributed by atoms with Crippen LogP contribution in [0.4, 0.5) is 0 Å². The molecule has 1 N–H and O–H groups in total. The van der Waals surface area contributed by atoms with Crippen LogP contribution >= 0.6 is 11.8 Å². The van der Waals surface area contributed by atoms with E-state index < -0.39 is 0 Å². The van der Waals surface area contributed by atoms with Crippen LogP contribution in [0.5, 0.6) is 0 Å². The minimum atomic E-state index is 0.718. The second kappa shape index (κ2) is 7.90. The molecule has 1 heterocycles. The van der Waals surface area contributed by atoms with Crippen molar-refractivity contribution in [1.29, 1.82) is 0 Å². The molecule has 0 aromatic heterocycles. The number of likely N-dealkylation sites (tertiary alicyclic amines) is 1. The van der Waals surface area contributed by atoms with Gasteiger partial charge < -0.3 is 10.2 Å². The van der Waals surface area contributed by atoms with Gasteiger partial charge in [0, 0.05) is 23.4 Å². The van der Waals surface area contributed by atoms with Crippen molar-refractivity contribution >= 4 is 11.8 Å². The molecule has 19 heavy (non-hydrogen) atoms. The first-order valence-electron chi connectivity index (χ1n) is 8.22. The zero-order valence-corrected chi connectivity index (χ0v) is 13.8. The van der Waals surface area contributed by atoms with E-state index >= 15 is 0 Å². The van der Waals surface area contributed by atoms with Crippen molar-refractivity contribution in [3.63, 3.8) is 0 Å². The molecule has 1 saturated heterocycles. The van der Waals surface area contributed by atoms with Crippen LogP contribution < -0.4 is 5.32 Å². The van der Waals surface area contributed by atoms with Crippen molar-refractivity contribution < 1.29 is 0 Å². The first kappa shape index (κ1) is 15.7. The first-order valence-corrected chi connectivity index (χ1v) is 9.50. The fourth-order valence-electron chi connectivity index (χ4n) is 3.60. The van der Waals surface area contributed by atoms with Gasteiger partial charge in [0.05, 0.1) is 0 Å². The topological polar surface area (TPSA) is 15.3 Å². The van der Waals surface area contributed by atoms with Crippen molar-refractivity contribution in [2.45, 2.75) is 82.2 Å². The highest BCUT2D eigenvalue weighted by atomic mass is 32.2. The lowest BCUT2D eigenvalue weighted by Gasteiger charge is -2.31. The fourth-order valence-corrected chi connectivity index (χ4v) is 4.34. The van der Waals surface area contributed by atoms with E-state index in [0.29, 0.717) is 0 Å². The maximum atomic E-state index is 3.97. The third-order valence-electron chi connectivity index (χ3n) is 4.97. The quantitative estimate of drug-likeness (QED) is 0.850. The Bertz CT molecular complexity index is 249. The first-order chi connectivity index (χ1) is 9.19. The van der Waals surface area contributed by atoms with Crippen LogP contribution in [0.15, 0.2) is 0 Å². The normalized spacial score (nSPS) is 34.4. The summed E-state index contributed by atoms with van der Waals surface area (Å²) in [6, 6.07) is 2.30. The molecule has 0 amide bonds. The van der Waals surface area contributed by atoms with E-state index in [1.165, 1.54) is 58.0 Å². The average Bonchev–Trinajstić information content (AvgIpc) is 2.65. The van der Waals surface area contributed by atoms with Gasteiger partial charge in [0.15, 0.2) is 0 Å². The van der Waals surface area contributed by atoms with E-state index in [0.717, 1.165) is 23.4 Å². The molecule has 0 spiro atoms. The zero-order valence-electron chi connectivity index (χ0n) is 13.0. The Morgan fingerprint density at radius 3 is 2.26 bits per heavy atom. The monoisotopic (exact) mass is 284 g/mol. The van der Waals surface area contributed by atoms with Crippen LogP contribution in [0.1, 0.15) is 58.8 Å². The third kappa shape index (κ3) is 4.95. The van der Waals surface area contributed by atoms with Gasteiger partial charge in [0.25, 0.3) is 0 Å². The van der Waals surface area contributed by atoms with E-state index in [1.54, 1.807) is 0 Å². The SMILES string of the molecule is CSC1CCC(NC2CCCN(C(C)C)CC2)CC1. The predicted octanol–water partition coefficient (Wildman–Crippen LogP) is 3.51. The summed E-state index contributed by atoms with van der Waals surface area (Å²) in [5.74, 6) is 0. The Morgan fingerprint density at radius 2 is 1.63 bits per heavy atom. The number of nitrogens with one attached hydrogen (secondary N) is 1. The fraction of sp³-hybridized carbons (Fsp3) is 1.00. The molecule has 3 heteroatoms. The van der Waals surface area contributed by atoms with Crippen molar-refractivity contribution in [1.82, 2.24) is 10.2 Å². The number of hydrogen-bond donors (Lipinski definition) is 1. The van der Waals surface area contributed by atoms with Gasteiger partial charge in [0.2, 0.25) is 0 Å². The second-order valence-corrected chi connectivity index (χ2v) is 7.77. The maximum Gasteiger partial charge on any atom is 0.00823 e. The Balaban J connectivity index is 1.71. The highest BCUT2D eigenvalue weighted by Gasteiger charge is 2.24. The number of hydrogen-bond acceptors (Lipinski definition) is 3. The summed E-state index contributed by atoms with van der Waals surface area (Å²) in [5.41, 5.74) is 0. The summed E-state index contributed by atoms with van der Waals surface area (Å²) in [5, 5.41) is 4.90. The van der Waals surface area contributed by atoms with Gasteiger partial charge in [-0.15, -0.1) is 0 Å². The van der Waals surface area contributed by atoms with Crippen LogP contribution in [0.25, 0.3) is 0 Å². The van der Waals surface area contributed by atoms with Gasteiger partial charge in [-0.3, -0.25) is 0 Å². The van der Waals surface area contributed by atoms with Crippen molar-refractivity contribution in [2.24, 2.45) is 0 Å². The van der Waals surface area contributed by atoms with E-state index in [-0.39, 0.29) is 0 Å². The van der Waals surface area contributed by atoms with Gasteiger partial charge in [-0.25, -0.2) is 0 Å². The molecule has 1 atom stereocenters. The highest BCUT2D eigenvalue weighted by molar-refractivity contribution is 7.99. The predicted molar refractivity (Wildman–Crippen MR) is 87.0 cm³/mol. The standard InChI is InChI=1S/C16H32N2S/c1-13(2)18-11-4-5-14(10-12-18)17-15-6-8-16(19-3)9-7-15/h13-17H,4-12H2,1-3H3. The Kier molecular flexibility index (Phi) is 6.51. The molecule has 2 fully saturated rings. The van der Waals surface area contributed by atoms with E-state index in [9.17, 15) is 0 Å². The molecule has 0 bridgehead atoms. The Hall–Kier alpha value is 0.270. The van der Waals surface area contributed by atoms with Gasteiger partial charge in [-0.05, 0) is 78.1 Å². The lowest BCUT2D eigenvalue weighted by molar-refractivity contribution is 0.227. The van der Waals surface area contributed by atoms with E-state index in [1.807, 2.05) is 0 Å². The zero-order chi connectivity index (χ0) is 13.7. The van der Waals surface area contributed by atoms with Crippen molar-refractivity contribution in [3.05, 3.63) is 0 Å². The van der Waals surface area contributed by atoms with Crippen LogP contribution in [0, 0.1) is 0 Å². The summed E-state index contributed by atoms with van der Waals surface area (Å²) in [6.45, 7) is 7.25. The smallest absolute Gasteiger partial charge is 0.00823 e. The molecule has 2 nitrogen and oxygen atoms in total. The lowest BCUT2D eigenvalue weighted by atomic mass is 9.93. The molecule has 0 aromatic rings. The van der Waals surface area contributed by atoms with Crippen LogP contribution in [-0.2, 0) is 0 Å². The Morgan fingerprint density at radius 1 is 0.947 bits per heavy atom. The molecular weight excluding hydrogens is 252 g/mol. The summed E-state index contributed by atoms with van der Waals surface area (Å²) in [7, 11) is 0.